The predicted molar refractivity (Wildman–Crippen MR) is 85.0 cm³/mol. The fourth-order valence-corrected chi connectivity index (χ4v) is 3.46. The lowest BCUT2D eigenvalue weighted by Crippen LogP contribution is -2.03. The van der Waals surface area contributed by atoms with Crippen LogP contribution in [0.3, 0.4) is 0 Å². The van der Waals surface area contributed by atoms with Gasteiger partial charge in [-0.25, -0.2) is 4.98 Å². The van der Waals surface area contributed by atoms with Crippen molar-refractivity contribution in [2.75, 3.05) is 6.54 Å². The number of hydrogen-bond acceptors (Lipinski definition) is 4. The average molecular weight is 349 g/mol. The molecule has 0 bridgehead atoms. The Morgan fingerprint density at radius 1 is 1.20 bits per heavy atom. The van der Waals surface area contributed by atoms with Crippen molar-refractivity contribution in [2.24, 2.45) is 5.73 Å². The van der Waals surface area contributed by atoms with Gasteiger partial charge in [0.05, 0.1) is 0 Å². The van der Waals surface area contributed by atoms with Gasteiger partial charge in [0.1, 0.15) is 5.52 Å². The minimum atomic E-state index is 0.649. The van der Waals surface area contributed by atoms with Gasteiger partial charge >= 0.3 is 0 Å². The van der Waals surface area contributed by atoms with E-state index >= 15 is 0 Å². The summed E-state index contributed by atoms with van der Waals surface area (Å²) in [6.45, 7) is 0.649. The number of aromatic nitrogens is 1. The number of nitrogens with zero attached hydrogens (tertiary/aromatic N) is 1. The second-order valence-electron chi connectivity index (χ2n) is 4.34. The molecule has 3 rings (SSSR count). The SMILES string of the molecule is NCCc1ccc(Sc2nc3ccccc3o2)cc1Br. The third-order valence-electron chi connectivity index (χ3n) is 2.92. The molecule has 3 aromatic rings. The molecule has 1 heterocycles. The average Bonchev–Trinajstić information content (AvgIpc) is 2.84. The first-order chi connectivity index (χ1) is 9.76. The smallest absolute Gasteiger partial charge is 0.261 e. The van der Waals surface area contributed by atoms with E-state index in [0.717, 1.165) is 26.9 Å². The number of benzene rings is 2. The van der Waals surface area contributed by atoms with Crippen LogP contribution in [0.2, 0.25) is 0 Å². The van der Waals surface area contributed by atoms with Gasteiger partial charge in [-0.3, -0.25) is 0 Å². The van der Waals surface area contributed by atoms with Gasteiger partial charge in [0.2, 0.25) is 0 Å². The van der Waals surface area contributed by atoms with Crippen LogP contribution >= 0.6 is 27.7 Å². The fourth-order valence-electron chi connectivity index (χ4n) is 1.95. The molecule has 0 aliphatic carbocycles. The molecule has 20 heavy (non-hydrogen) atoms. The lowest BCUT2D eigenvalue weighted by molar-refractivity contribution is 0.489. The van der Waals surface area contributed by atoms with Gasteiger partial charge in [-0.1, -0.05) is 34.1 Å². The van der Waals surface area contributed by atoms with Crippen LogP contribution in [0.5, 0.6) is 0 Å². The Morgan fingerprint density at radius 3 is 2.80 bits per heavy atom. The summed E-state index contributed by atoms with van der Waals surface area (Å²) >= 11 is 5.09. The summed E-state index contributed by atoms with van der Waals surface area (Å²) in [4.78, 5) is 5.54. The predicted octanol–water partition coefficient (Wildman–Crippen LogP) is 4.24. The molecular formula is C15H13BrN2OS. The monoisotopic (exact) mass is 348 g/mol. The topological polar surface area (TPSA) is 52.0 Å². The van der Waals surface area contributed by atoms with E-state index in [9.17, 15) is 0 Å². The molecule has 0 saturated carbocycles. The molecule has 2 N–H and O–H groups in total. The molecule has 0 atom stereocenters. The summed E-state index contributed by atoms with van der Waals surface area (Å²) in [7, 11) is 0. The second-order valence-corrected chi connectivity index (χ2v) is 6.22. The number of hydrogen-bond donors (Lipinski definition) is 1. The minimum Gasteiger partial charge on any atom is -0.431 e. The van der Waals surface area contributed by atoms with Crippen LogP contribution in [0.4, 0.5) is 0 Å². The summed E-state index contributed by atoms with van der Waals surface area (Å²) in [5, 5.41) is 0.657. The third-order valence-corrected chi connectivity index (χ3v) is 4.49. The lowest BCUT2D eigenvalue weighted by Gasteiger charge is -2.04. The lowest BCUT2D eigenvalue weighted by atomic mass is 10.1. The maximum atomic E-state index is 5.71. The quantitative estimate of drug-likeness (QED) is 0.765. The van der Waals surface area contributed by atoms with E-state index in [1.807, 2.05) is 24.3 Å². The highest BCUT2D eigenvalue weighted by atomic mass is 79.9. The second kappa shape index (κ2) is 5.99. The van der Waals surface area contributed by atoms with Crippen molar-refractivity contribution in [3.05, 3.63) is 52.5 Å². The van der Waals surface area contributed by atoms with Gasteiger partial charge in [-0.05, 0) is 54.6 Å². The van der Waals surface area contributed by atoms with Crippen LogP contribution in [0.25, 0.3) is 11.1 Å². The Balaban J connectivity index is 1.85. The van der Waals surface area contributed by atoms with Crippen LogP contribution in [0.1, 0.15) is 5.56 Å². The maximum absolute atomic E-state index is 5.71. The Kier molecular flexibility index (Phi) is 4.10. The molecule has 0 spiro atoms. The van der Waals surface area contributed by atoms with E-state index < -0.39 is 0 Å². The molecule has 3 nitrogen and oxygen atoms in total. The Bertz CT molecular complexity index is 709. The van der Waals surface area contributed by atoms with Crippen LogP contribution < -0.4 is 5.73 Å². The molecule has 0 aliphatic heterocycles. The third kappa shape index (κ3) is 2.90. The highest BCUT2D eigenvalue weighted by molar-refractivity contribution is 9.10. The Morgan fingerprint density at radius 2 is 2.05 bits per heavy atom. The van der Waals surface area contributed by atoms with E-state index in [0.29, 0.717) is 11.8 Å². The summed E-state index contributed by atoms with van der Waals surface area (Å²) < 4.78 is 6.78. The Labute approximate surface area is 129 Å². The van der Waals surface area contributed by atoms with E-state index in [-0.39, 0.29) is 0 Å². The van der Waals surface area contributed by atoms with E-state index in [2.05, 4.69) is 39.1 Å². The van der Waals surface area contributed by atoms with Crippen molar-refractivity contribution < 1.29 is 4.42 Å². The number of halogens is 1. The van der Waals surface area contributed by atoms with Crippen LogP contribution in [0, 0.1) is 0 Å². The molecule has 5 heteroatoms. The summed E-state index contributed by atoms with van der Waals surface area (Å²) in [6.07, 6.45) is 0.869. The zero-order valence-corrected chi connectivity index (χ0v) is 13.1. The van der Waals surface area contributed by atoms with Crippen molar-refractivity contribution in [1.29, 1.82) is 0 Å². The van der Waals surface area contributed by atoms with E-state index in [1.54, 1.807) is 0 Å². The minimum absolute atomic E-state index is 0.649. The molecule has 0 unspecified atom stereocenters. The van der Waals surface area contributed by atoms with Gasteiger partial charge in [-0.15, -0.1) is 0 Å². The van der Waals surface area contributed by atoms with Crippen molar-refractivity contribution >= 4 is 38.8 Å². The summed E-state index contributed by atoms with van der Waals surface area (Å²) in [5.41, 5.74) is 8.50. The van der Waals surface area contributed by atoms with Crippen molar-refractivity contribution in [2.45, 2.75) is 16.5 Å². The zero-order chi connectivity index (χ0) is 13.9. The molecule has 0 amide bonds. The maximum Gasteiger partial charge on any atom is 0.261 e. The first-order valence-corrected chi connectivity index (χ1v) is 7.89. The first-order valence-electron chi connectivity index (χ1n) is 6.28. The normalized spacial score (nSPS) is 11.1. The molecule has 0 aliphatic rings. The Hall–Kier alpha value is -1.30. The molecule has 1 aromatic heterocycles. The number of oxazole rings is 1. The number of para-hydroxylation sites is 2. The van der Waals surface area contributed by atoms with Crippen molar-refractivity contribution in [1.82, 2.24) is 4.98 Å². The summed E-state index contributed by atoms with van der Waals surface area (Å²) in [5.74, 6) is 0. The van der Waals surface area contributed by atoms with Crippen molar-refractivity contribution in [3.63, 3.8) is 0 Å². The molecule has 102 valence electrons. The van der Waals surface area contributed by atoms with E-state index in [4.69, 9.17) is 10.2 Å². The van der Waals surface area contributed by atoms with Gasteiger partial charge < -0.3 is 10.2 Å². The van der Waals surface area contributed by atoms with Gasteiger partial charge in [0.15, 0.2) is 5.58 Å². The standard InChI is InChI=1S/C15H13BrN2OS/c16-12-9-11(6-5-10(12)7-8-17)20-15-18-13-3-1-2-4-14(13)19-15/h1-6,9H,7-8,17H2. The number of rotatable bonds is 4. The fraction of sp³-hybridized carbons (Fsp3) is 0.133. The van der Waals surface area contributed by atoms with Gasteiger partial charge in [0.25, 0.3) is 5.22 Å². The highest BCUT2D eigenvalue weighted by Crippen LogP contribution is 2.32. The largest absolute Gasteiger partial charge is 0.431 e. The van der Waals surface area contributed by atoms with Crippen LogP contribution in [-0.2, 0) is 6.42 Å². The highest BCUT2D eigenvalue weighted by Gasteiger charge is 2.08. The van der Waals surface area contributed by atoms with Crippen molar-refractivity contribution in [3.8, 4) is 0 Å². The van der Waals surface area contributed by atoms with E-state index in [1.165, 1.54) is 17.3 Å². The molecule has 0 fully saturated rings. The molecular weight excluding hydrogens is 336 g/mol. The first kappa shape index (κ1) is 13.7. The van der Waals surface area contributed by atoms with Crippen LogP contribution in [-0.4, -0.2) is 11.5 Å². The van der Waals surface area contributed by atoms with Gasteiger partial charge in [-0.2, -0.15) is 0 Å². The molecule has 0 saturated heterocycles. The summed E-state index contributed by atoms with van der Waals surface area (Å²) in [6, 6.07) is 14.0. The number of nitrogens with two attached hydrogens (primary N) is 1. The van der Waals surface area contributed by atoms with Gasteiger partial charge in [0, 0.05) is 9.37 Å². The van der Waals surface area contributed by atoms with Crippen LogP contribution in [0.15, 0.2) is 61.5 Å². The number of fused-ring (bicyclic) bond motifs is 1. The molecule has 2 aromatic carbocycles. The zero-order valence-electron chi connectivity index (χ0n) is 10.7. The molecule has 0 radical (unpaired) electrons.